The van der Waals surface area contributed by atoms with Crippen molar-refractivity contribution in [3.05, 3.63) is 54.6 Å². The Morgan fingerprint density at radius 1 is 0.857 bits per heavy atom. The molecule has 0 unspecified atom stereocenters. The number of fused-ring (bicyclic) bond motifs is 1. The number of aromatic nitrogens is 1. The second-order valence-corrected chi connectivity index (χ2v) is 9.44. The monoisotopic (exact) mass is 370 g/mol. The molecule has 1 amide bonds. The molecule has 3 heteroatoms. The molecular weight excluding hydrogens is 344 g/mol. The van der Waals surface area contributed by atoms with Crippen LogP contribution in [0, 0.1) is 23.2 Å². The maximum atomic E-state index is 13.7. The molecule has 0 aliphatic heterocycles. The number of carbonyl (C=O) groups is 1. The molecule has 0 radical (unpaired) electrons. The molecule has 4 saturated carbocycles. The Morgan fingerprint density at radius 2 is 1.46 bits per heavy atom. The third-order valence-electron chi connectivity index (χ3n) is 7.53. The topological polar surface area (TPSA) is 44.9 Å². The van der Waals surface area contributed by atoms with Crippen LogP contribution in [-0.4, -0.2) is 10.9 Å². The maximum Gasteiger partial charge on any atom is 0.230 e. The molecule has 4 aliphatic rings. The van der Waals surface area contributed by atoms with Gasteiger partial charge in [0.15, 0.2) is 0 Å². The highest BCUT2D eigenvalue weighted by molar-refractivity contribution is 6.09. The minimum atomic E-state index is -0.138. The number of rotatable bonds is 3. The largest absolute Gasteiger partial charge is 0.353 e. The molecule has 3 nitrogen and oxygen atoms in total. The summed E-state index contributed by atoms with van der Waals surface area (Å²) in [4.78, 5) is 17.2. The lowest BCUT2D eigenvalue weighted by Crippen LogP contribution is -2.51. The summed E-state index contributed by atoms with van der Waals surface area (Å²) in [5.74, 6) is 2.57. The number of hydrogen-bond acceptors (Lipinski definition) is 1. The number of amides is 1. The first-order valence-corrected chi connectivity index (χ1v) is 10.7. The number of carbonyl (C=O) groups excluding carboxylic acids is 1. The van der Waals surface area contributed by atoms with Crippen LogP contribution in [0.1, 0.15) is 38.5 Å². The Kier molecular flexibility index (Phi) is 3.50. The van der Waals surface area contributed by atoms with Crippen molar-refractivity contribution < 1.29 is 4.79 Å². The SMILES string of the molecule is O=C(Nc1c(-c2ccccc2)[nH]c2ccccc12)C12CC3CC(CC(C3)C1)C2. The molecule has 0 spiro atoms. The molecule has 0 atom stereocenters. The number of H-pyrrole nitrogens is 1. The van der Waals surface area contributed by atoms with Gasteiger partial charge in [0.2, 0.25) is 5.91 Å². The van der Waals surface area contributed by atoms with Crippen LogP contribution in [0.25, 0.3) is 22.2 Å². The van der Waals surface area contributed by atoms with Gasteiger partial charge in [-0.25, -0.2) is 0 Å². The van der Waals surface area contributed by atoms with Gasteiger partial charge in [-0.05, 0) is 62.3 Å². The summed E-state index contributed by atoms with van der Waals surface area (Å²) in [6.07, 6.45) is 7.34. The standard InChI is InChI=1S/C25H26N2O/c28-24(25-13-16-10-17(14-25)12-18(11-16)15-25)27-23-20-8-4-5-9-21(20)26-22(23)19-6-2-1-3-7-19/h1-9,16-18,26H,10-15H2,(H,27,28). The summed E-state index contributed by atoms with van der Waals surface area (Å²) in [6, 6.07) is 18.6. The van der Waals surface area contributed by atoms with Crippen molar-refractivity contribution in [2.75, 3.05) is 5.32 Å². The Hall–Kier alpha value is -2.55. The van der Waals surface area contributed by atoms with E-state index in [9.17, 15) is 4.79 Å². The molecule has 3 aromatic rings. The lowest BCUT2D eigenvalue weighted by molar-refractivity contribution is -0.140. The second kappa shape index (κ2) is 5.97. The van der Waals surface area contributed by atoms with Crippen LogP contribution in [0.3, 0.4) is 0 Å². The van der Waals surface area contributed by atoms with Crippen molar-refractivity contribution in [1.82, 2.24) is 4.98 Å². The minimum absolute atomic E-state index is 0.138. The molecule has 1 heterocycles. The fourth-order valence-corrected chi connectivity index (χ4v) is 6.73. The highest BCUT2D eigenvalue weighted by atomic mass is 16.2. The molecular formula is C25H26N2O. The van der Waals surface area contributed by atoms with E-state index in [1.807, 2.05) is 30.3 Å². The van der Waals surface area contributed by atoms with E-state index in [2.05, 4.69) is 34.6 Å². The molecule has 1 aromatic heterocycles. The first kappa shape index (κ1) is 16.4. The van der Waals surface area contributed by atoms with Crippen molar-refractivity contribution in [3.8, 4) is 11.3 Å². The molecule has 0 saturated heterocycles. The van der Waals surface area contributed by atoms with Gasteiger partial charge in [0.25, 0.3) is 0 Å². The zero-order valence-electron chi connectivity index (χ0n) is 16.1. The highest BCUT2D eigenvalue weighted by Gasteiger charge is 2.54. The van der Waals surface area contributed by atoms with Crippen LogP contribution >= 0.6 is 0 Å². The summed E-state index contributed by atoms with van der Waals surface area (Å²) in [5, 5.41) is 4.52. The molecule has 7 rings (SSSR count). The predicted molar refractivity (Wildman–Crippen MR) is 113 cm³/mol. The fraction of sp³-hybridized carbons (Fsp3) is 0.400. The van der Waals surface area contributed by atoms with Crippen LogP contribution < -0.4 is 5.32 Å². The molecule has 142 valence electrons. The first-order chi connectivity index (χ1) is 13.7. The van der Waals surface area contributed by atoms with Crippen molar-refractivity contribution in [2.24, 2.45) is 23.2 Å². The molecule has 4 bridgehead atoms. The van der Waals surface area contributed by atoms with Gasteiger partial charge in [0.05, 0.1) is 16.8 Å². The van der Waals surface area contributed by atoms with Crippen LogP contribution in [0.2, 0.25) is 0 Å². The highest BCUT2D eigenvalue weighted by Crippen LogP contribution is 2.60. The Bertz CT molecular complexity index is 1010. The zero-order chi connectivity index (χ0) is 18.7. The molecule has 4 aliphatic carbocycles. The first-order valence-electron chi connectivity index (χ1n) is 10.7. The quantitative estimate of drug-likeness (QED) is 0.584. The average molecular weight is 370 g/mol. The lowest BCUT2D eigenvalue weighted by atomic mass is 9.49. The predicted octanol–water partition coefficient (Wildman–Crippen LogP) is 5.99. The summed E-state index contributed by atoms with van der Waals surface area (Å²) in [5.41, 5.74) is 4.00. The number of hydrogen-bond donors (Lipinski definition) is 2. The average Bonchev–Trinajstić information content (AvgIpc) is 3.06. The van der Waals surface area contributed by atoms with Crippen LogP contribution in [0.5, 0.6) is 0 Å². The molecule has 2 aromatic carbocycles. The second-order valence-electron chi connectivity index (χ2n) is 9.44. The van der Waals surface area contributed by atoms with Crippen LogP contribution in [0.15, 0.2) is 54.6 Å². The van der Waals surface area contributed by atoms with E-state index in [4.69, 9.17) is 0 Å². The van der Waals surface area contributed by atoms with Gasteiger partial charge < -0.3 is 10.3 Å². The number of nitrogens with one attached hydrogen (secondary N) is 2. The van der Waals surface area contributed by atoms with E-state index in [0.29, 0.717) is 0 Å². The number of para-hydroxylation sites is 1. The van der Waals surface area contributed by atoms with E-state index in [1.165, 1.54) is 19.3 Å². The van der Waals surface area contributed by atoms with E-state index in [-0.39, 0.29) is 11.3 Å². The van der Waals surface area contributed by atoms with Gasteiger partial charge in [0, 0.05) is 16.5 Å². The summed E-state index contributed by atoms with van der Waals surface area (Å²) < 4.78 is 0. The Labute approximate surface area is 165 Å². The van der Waals surface area contributed by atoms with Crippen LogP contribution in [0.4, 0.5) is 5.69 Å². The summed E-state index contributed by atoms with van der Waals surface area (Å²) >= 11 is 0. The summed E-state index contributed by atoms with van der Waals surface area (Å²) in [7, 11) is 0. The fourth-order valence-electron chi connectivity index (χ4n) is 6.73. The van der Waals surface area contributed by atoms with Gasteiger partial charge >= 0.3 is 0 Å². The zero-order valence-corrected chi connectivity index (χ0v) is 16.1. The Balaban J connectivity index is 1.41. The summed E-state index contributed by atoms with van der Waals surface area (Å²) in [6.45, 7) is 0. The Morgan fingerprint density at radius 3 is 2.14 bits per heavy atom. The van der Waals surface area contributed by atoms with Crippen molar-refractivity contribution in [2.45, 2.75) is 38.5 Å². The number of anilines is 1. The third-order valence-corrected chi connectivity index (χ3v) is 7.53. The third kappa shape index (κ3) is 2.45. The van der Waals surface area contributed by atoms with E-state index < -0.39 is 0 Å². The molecule has 4 fully saturated rings. The van der Waals surface area contributed by atoms with Crippen molar-refractivity contribution in [3.63, 3.8) is 0 Å². The van der Waals surface area contributed by atoms with E-state index >= 15 is 0 Å². The lowest BCUT2D eigenvalue weighted by Gasteiger charge is -2.55. The van der Waals surface area contributed by atoms with E-state index in [0.717, 1.165) is 64.9 Å². The minimum Gasteiger partial charge on any atom is -0.353 e. The van der Waals surface area contributed by atoms with Gasteiger partial charge in [-0.15, -0.1) is 0 Å². The van der Waals surface area contributed by atoms with E-state index in [1.54, 1.807) is 0 Å². The van der Waals surface area contributed by atoms with Gasteiger partial charge in [-0.1, -0.05) is 48.5 Å². The molecule has 28 heavy (non-hydrogen) atoms. The normalized spacial score (nSPS) is 30.6. The smallest absolute Gasteiger partial charge is 0.230 e. The van der Waals surface area contributed by atoms with Crippen LogP contribution in [-0.2, 0) is 4.79 Å². The molecule has 2 N–H and O–H groups in total. The van der Waals surface area contributed by atoms with Gasteiger partial charge in [-0.2, -0.15) is 0 Å². The van der Waals surface area contributed by atoms with Crippen molar-refractivity contribution in [1.29, 1.82) is 0 Å². The van der Waals surface area contributed by atoms with Crippen molar-refractivity contribution >= 4 is 22.5 Å². The maximum absolute atomic E-state index is 13.7. The number of aromatic amines is 1. The van der Waals surface area contributed by atoms with Gasteiger partial charge in [-0.3, -0.25) is 4.79 Å². The number of benzene rings is 2. The van der Waals surface area contributed by atoms with Gasteiger partial charge in [0.1, 0.15) is 0 Å².